The Kier molecular flexibility index (Phi) is 2.72. The van der Waals surface area contributed by atoms with Crippen LogP contribution in [0.2, 0.25) is 0 Å². The summed E-state index contributed by atoms with van der Waals surface area (Å²) in [5.41, 5.74) is 4.34. The predicted molar refractivity (Wildman–Crippen MR) is 58.9 cm³/mol. The monoisotopic (exact) mass is 259 g/mol. The summed E-state index contributed by atoms with van der Waals surface area (Å²) in [6, 6.07) is 1.30. The fourth-order valence-corrected chi connectivity index (χ4v) is 3.17. The summed E-state index contributed by atoms with van der Waals surface area (Å²) >= 11 is 0. The molecule has 94 valence electrons. The Morgan fingerprint density at radius 2 is 2.24 bits per heavy atom. The SMILES string of the molecule is CC1(NS(=O)(=O)c2cc[nH]c2C(N)=O)COC1. The minimum Gasteiger partial charge on any atom is -0.377 e. The van der Waals surface area contributed by atoms with E-state index in [1.165, 1.54) is 12.3 Å². The first kappa shape index (κ1) is 12.1. The van der Waals surface area contributed by atoms with Crippen LogP contribution in [0.25, 0.3) is 0 Å². The lowest BCUT2D eigenvalue weighted by molar-refractivity contribution is -0.0523. The largest absolute Gasteiger partial charge is 0.377 e. The van der Waals surface area contributed by atoms with E-state index >= 15 is 0 Å². The highest BCUT2D eigenvalue weighted by atomic mass is 32.2. The standard InChI is InChI=1S/C9H13N3O4S/c1-9(4-16-5-9)12-17(14,15)6-2-3-11-7(6)8(10)13/h2-3,11-12H,4-5H2,1H3,(H2,10,13). The average molecular weight is 259 g/mol. The molecule has 0 aromatic carbocycles. The number of rotatable bonds is 4. The number of sulfonamides is 1. The number of ether oxygens (including phenoxy) is 1. The zero-order valence-electron chi connectivity index (χ0n) is 9.19. The lowest BCUT2D eigenvalue weighted by Gasteiger charge is -2.38. The number of aromatic amines is 1. The molecule has 8 heteroatoms. The van der Waals surface area contributed by atoms with Crippen molar-refractivity contribution in [3.05, 3.63) is 18.0 Å². The Bertz CT molecular complexity index is 544. The average Bonchev–Trinajstić information content (AvgIpc) is 2.63. The van der Waals surface area contributed by atoms with Crippen LogP contribution >= 0.6 is 0 Å². The van der Waals surface area contributed by atoms with E-state index in [0.29, 0.717) is 13.2 Å². The Hall–Kier alpha value is -1.38. The molecule has 1 aromatic rings. The lowest BCUT2D eigenvalue weighted by Crippen LogP contribution is -2.59. The summed E-state index contributed by atoms with van der Waals surface area (Å²) in [4.78, 5) is 13.4. The van der Waals surface area contributed by atoms with Gasteiger partial charge in [-0.25, -0.2) is 13.1 Å². The third kappa shape index (κ3) is 2.19. The van der Waals surface area contributed by atoms with Gasteiger partial charge in [0, 0.05) is 6.20 Å². The quantitative estimate of drug-likeness (QED) is 0.655. The highest BCUT2D eigenvalue weighted by Gasteiger charge is 2.38. The van der Waals surface area contributed by atoms with Gasteiger partial charge in [0.2, 0.25) is 10.0 Å². The Morgan fingerprint density at radius 3 is 2.71 bits per heavy atom. The highest BCUT2D eigenvalue weighted by molar-refractivity contribution is 7.89. The van der Waals surface area contributed by atoms with Crippen molar-refractivity contribution in [3.8, 4) is 0 Å². The molecular formula is C9H13N3O4S. The van der Waals surface area contributed by atoms with Gasteiger partial charge in [0.1, 0.15) is 10.6 Å². The van der Waals surface area contributed by atoms with Crippen molar-refractivity contribution in [1.82, 2.24) is 9.71 Å². The number of primary amides is 1. The number of nitrogens with two attached hydrogens (primary N) is 1. The van der Waals surface area contributed by atoms with Crippen molar-refractivity contribution in [3.63, 3.8) is 0 Å². The van der Waals surface area contributed by atoms with E-state index in [1.807, 2.05) is 0 Å². The molecule has 0 spiro atoms. The third-order valence-corrected chi connectivity index (χ3v) is 4.15. The van der Waals surface area contributed by atoms with Crippen LogP contribution < -0.4 is 10.5 Å². The van der Waals surface area contributed by atoms with Gasteiger partial charge in [-0.05, 0) is 13.0 Å². The fraction of sp³-hybridized carbons (Fsp3) is 0.444. The number of H-pyrrole nitrogens is 1. The lowest BCUT2D eigenvalue weighted by atomic mass is 10.0. The van der Waals surface area contributed by atoms with Gasteiger partial charge in [-0.3, -0.25) is 4.79 Å². The van der Waals surface area contributed by atoms with Gasteiger partial charge in [-0.2, -0.15) is 0 Å². The molecule has 0 radical (unpaired) electrons. The van der Waals surface area contributed by atoms with Crippen molar-refractivity contribution in [2.45, 2.75) is 17.4 Å². The molecule has 0 saturated carbocycles. The third-order valence-electron chi connectivity index (χ3n) is 2.47. The Balaban J connectivity index is 2.31. The topological polar surface area (TPSA) is 114 Å². The normalized spacial score (nSPS) is 18.6. The van der Waals surface area contributed by atoms with E-state index in [9.17, 15) is 13.2 Å². The minimum absolute atomic E-state index is 0.124. The first-order valence-corrected chi connectivity index (χ1v) is 6.41. The first-order chi connectivity index (χ1) is 7.84. The van der Waals surface area contributed by atoms with Gasteiger partial charge >= 0.3 is 0 Å². The summed E-state index contributed by atoms with van der Waals surface area (Å²) in [5, 5.41) is 0. The molecule has 1 amide bonds. The molecule has 1 aliphatic heterocycles. The van der Waals surface area contributed by atoms with E-state index in [2.05, 4.69) is 9.71 Å². The van der Waals surface area contributed by atoms with E-state index < -0.39 is 21.5 Å². The Labute approximate surface area is 98.4 Å². The molecule has 0 unspecified atom stereocenters. The number of hydrogen-bond donors (Lipinski definition) is 3. The van der Waals surface area contributed by atoms with Crippen molar-refractivity contribution in [2.24, 2.45) is 5.73 Å². The second kappa shape index (κ2) is 3.83. The number of hydrogen-bond acceptors (Lipinski definition) is 4. The van der Waals surface area contributed by atoms with Gasteiger partial charge in [0.05, 0.1) is 18.8 Å². The van der Waals surface area contributed by atoms with Crippen LogP contribution in [0.5, 0.6) is 0 Å². The maximum Gasteiger partial charge on any atom is 0.266 e. The smallest absolute Gasteiger partial charge is 0.266 e. The molecule has 0 aliphatic carbocycles. The van der Waals surface area contributed by atoms with Crippen LogP contribution in [-0.2, 0) is 14.8 Å². The second-order valence-corrected chi connectivity index (χ2v) is 5.89. The summed E-state index contributed by atoms with van der Waals surface area (Å²) in [7, 11) is -3.77. The molecule has 2 heterocycles. The van der Waals surface area contributed by atoms with E-state index in [4.69, 9.17) is 10.5 Å². The van der Waals surface area contributed by atoms with E-state index in [0.717, 1.165) is 0 Å². The van der Waals surface area contributed by atoms with Crippen LogP contribution in [0.3, 0.4) is 0 Å². The Morgan fingerprint density at radius 1 is 1.59 bits per heavy atom. The second-order valence-electron chi connectivity index (χ2n) is 4.24. The number of nitrogens with one attached hydrogen (secondary N) is 2. The number of amides is 1. The van der Waals surface area contributed by atoms with Crippen molar-refractivity contribution >= 4 is 15.9 Å². The predicted octanol–water partition coefficient (Wildman–Crippen LogP) is -0.819. The van der Waals surface area contributed by atoms with Gasteiger partial charge in [0.25, 0.3) is 5.91 Å². The van der Waals surface area contributed by atoms with Crippen molar-refractivity contribution in [1.29, 1.82) is 0 Å². The van der Waals surface area contributed by atoms with Crippen LogP contribution in [0.4, 0.5) is 0 Å². The van der Waals surface area contributed by atoms with Crippen molar-refractivity contribution in [2.75, 3.05) is 13.2 Å². The van der Waals surface area contributed by atoms with Crippen LogP contribution in [0.1, 0.15) is 17.4 Å². The first-order valence-electron chi connectivity index (χ1n) is 4.93. The summed E-state index contributed by atoms with van der Waals surface area (Å²) in [5.74, 6) is -0.814. The number of aromatic nitrogens is 1. The number of carbonyl (C=O) groups is 1. The van der Waals surface area contributed by atoms with Crippen LogP contribution in [-0.4, -0.2) is 38.1 Å². The molecule has 1 saturated heterocycles. The van der Waals surface area contributed by atoms with Gasteiger partial charge in [-0.1, -0.05) is 0 Å². The maximum absolute atomic E-state index is 12.0. The molecule has 17 heavy (non-hydrogen) atoms. The highest BCUT2D eigenvalue weighted by Crippen LogP contribution is 2.21. The molecule has 1 aromatic heterocycles. The van der Waals surface area contributed by atoms with Crippen LogP contribution in [0, 0.1) is 0 Å². The van der Waals surface area contributed by atoms with Crippen LogP contribution in [0.15, 0.2) is 17.2 Å². The molecule has 0 atom stereocenters. The zero-order valence-corrected chi connectivity index (χ0v) is 10.0. The van der Waals surface area contributed by atoms with Crippen molar-refractivity contribution < 1.29 is 17.9 Å². The minimum atomic E-state index is -3.77. The fourth-order valence-electron chi connectivity index (χ4n) is 1.62. The van der Waals surface area contributed by atoms with E-state index in [-0.39, 0.29) is 10.6 Å². The van der Waals surface area contributed by atoms with Gasteiger partial charge in [0.15, 0.2) is 0 Å². The summed E-state index contributed by atoms with van der Waals surface area (Å²) in [6.45, 7) is 2.34. The van der Waals surface area contributed by atoms with Gasteiger partial charge in [-0.15, -0.1) is 0 Å². The molecule has 0 bridgehead atoms. The molecular weight excluding hydrogens is 246 g/mol. The number of carbonyl (C=O) groups excluding carboxylic acids is 1. The van der Waals surface area contributed by atoms with Gasteiger partial charge < -0.3 is 15.5 Å². The molecule has 1 aliphatic rings. The zero-order chi connectivity index (χ0) is 12.7. The van der Waals surface area contributed by atoms with E-state index in [1.54, 1.807) is 6.92 Å². The molecule has 4 N–H and O–H groups in total. The molecule has 7 nitrogen and oxygen atoms in total. The summed E-state index contributed by atoms with van der Waals surface area (Å²) < 4.78 is 31.5. The maximum atomic E-state index is 12.0. The molecule has 2 rings (SSSR count). The summed E-state index contributed by atoms with van der Waals surface area (Å²) in [6.07, 6.45) is 1.36. The molecule has 1 fully saturated rings.